The Morgan fingerprint density at radius 2 is 1.85 bits per heavy atom. The molecule has 1 saturated carbocycles. The number of sulfonamides is 1. The van der Waals surface area contributed by atoms with Crippen LogP contribution in [0.2, 0.25) is 0 Å². The largest absolute Gasteiger partial charge is 0.327 e. The highest BCUT2D eigenvalue weighted by molar-refractivity contribution is 14.1. The number of hydrogen-bond donors (Lipinski definition) is 1. The summed E-state index contributed by atoms with van der Waals surface area (Å²) in [7, 11) is -3.36. The lowest BCUT2D eigenvalue weighted by Gasteiger charge is -2.29. The molecule has 3 unspecified atom stereocenters. The van der Waals surface area contributed by atoms with Crippen molar-refractivity contribution < 1.29 is 8.42 Å². The predicted molar refractivity (Wildman–Crippen MR) is 86.7 cm³/mol. The van der Waals surface area contributed by atoms with Gasteiger partial charge in [-0.1, -0.05) is 6.42 Å². The lowest BCUT2D eigenvalue weighted by molar-refractivity contribution is 0.260. The van der Waals surface area contributed by atoms with Crippen LogP contribution >= 0.6 is 22.6 Å². The fourth-order valence-corrected chi connectivity index (χ4v) is 5.32. The minimum atomic E-state index is -3.36. The average Bonchev–Trinajstić information content (AvgIpc) is 2.85. The summed E-state index contributed by atoms with van der Waals surface area (Å²) in [6.45, 7) is 1.22. The van der Waals surface area contributed by atoms with E-state index >= 15 is 0 Å². The van der Waals surface area contributed by atoms with Crippen LogP contribution in [0.25, 0.3) is 0 Å². The van der Waals surface area contributed by atoms with Gasteiger partial charge in [0.15, 0.2) is 0 Å². The first-order valence-electron chi connectivity index (χ1n) is 7.00. The fourth-order valence-electron chi connectivity index (χ4n) is 3.43. The van der Waals surface area contributed by atoms with Crippen molar-refractivity contribution in [2.75, 3.05) is 13.1 Å². The zero-order valence-electron chi connectivity index (χ0n) is 11.2. The number of hydrogen-bond acceptors (Lipinski definition) is 3. The molecule has 1 aromatic carbocycles. The van der Waals surface area contributed by atoms with Crippen molar-refractivity contribution in [3.05, 3.63) is 27.8 Å². The van der Waals surface area contributed by atoms with Gasteiger partial charge in [0.1, 0.15) is 0 Å². The van der Waals surface area contributed by atoms with Crippen LogP contribution in [-0.4, -0.2) is 31.9 Å². The van der Waals surface area contributed by atoms with E-state index in [2.05, 4.69) is 22.6 Å². The maximum absolute atomic E-state index is 12.7. The third-order valence-electron chi connectivity index (χ3n) is 4.57. The van der Waals surface area contributed by atoms with Gasteiger partial charge in [-0.3, -0.25) is 0 Å². The van der Waals surface area contributed by atoms with Gasteiger partial charge >= 0.3 is 0 Å². The Labute approximate surface area is 133 Å². The van der Waals surface area contributed by atoms with E-state index in [0.717, 1.165) is 22.8 Å². The van der Waals surface area contributed by atoms with Crippen LogP contribution in [0.4, 0.5) is 0 Å². The summed E-state index contributed by atoms with van der Waals surface area (Å²) >= 11 is 2.18. The number of benzene rings is 1. The lowest BCUT2D eigenvalue weighted by atomic mass is 9.78. The molecule has 0 amide bonds. The summed E-state index contributed by atoms with van der Waals surface area (Å²) in [5.74, 6) is 0.778. The Morgan fingerprint density at radius 1 is 1.15 bits per heavy atom. The molecule has 3 rings (SSSR count). The first kappa shape index (κ1) is 14.7. The molecule has 3 atom stereocenters. The van der Waals surface area contributed by atoms with Crippen molar-refractivity contribution in [2.24, 2.45) is 17.6 Å². The van der Waals surface area contributed by atoms with E-state index in [1.165, 1.54) is 0 Å². The van der Waals surface area contributed by atoms with E-state index in [1.54, 1.807) is 16.4 Å². The minimum Gasteiger partial charge on any atom is -0.327 e. The molecule has 2 fully saturated rings. The van der Waals surface area contributed by atoms with Gasteiger partial charge in [0.25, 0.3) is 0 Å². The Bertz CT molecular complexity index is 588. The molecule has 1 saturated heterocycles. The van der Waals surface area contributed by atoms with Gasteiger partial charge in [-0.25, -0.2) is 8.42 Å². The summed E-state index contributed by atoms with van der Waals surface area (Å²) in [6, 6.07) is 7.22. The number of fused-ring (bicyclic) bond motifs is 1. The van der Waals surface area contributed by atoms with Crippen molar-refractivity contribution in [1.29, 1.82) is 0 Å². The number of nitrogens with two attached hydrogens (primary N) is 1. The zero-order chi connectivity index (χ0) is 14.3. The second-order valence-electron chi connectivity index (χ2n) is 5.79. The molecule has 2 aliphatic rings. The Morgan fingerprint density at radius 3 is 2.50 bits per heavy atom. The van der Waals surface area contributed by atoms with E-state index < -0.39 is 10.0 Å². The monoisotopic (exact) mass is 406 g/mol. The van der Waals surface area contributed by atoms with Crippen LogP contribution in [0.5, 0.6) is 0 Å². The van der Waals surface area contributed by atoms with E-state index in [0.29, 0.717) is 29.8 Å². The first-order chi connectivity index (χ1) is 9.48. The number of halogens is 1. The van der Waals surface area contributed by atoms with E-state index in [1.807, 2.05) is 12.1 Å². The normalized spacial score (nSPS) is 31.2. The molecule has 1 aliphatic heterocycles. The number of rotatable bonds is 2. The van der Waals surface area contributed by atoms with E-state index in [4.69, 9.17) is 5.73 Å². The molecule has 0 radical (unpaired) electrons. The summed E-state index contributed by atoms with van der Waals surface area (Å²) in [5, 5.41) is 0. The summed E-state index contributed by atoms with van der Waals surface area (Å²) < 4.78 is 28.0. The maximum Gasteiger partial charge on any atom is 0.243 e. The van der Waals surface area contributed by atoms with Gasteiger partial charge in [-0.05, 0) is 71.5 Å². The first-order valence-corrected chi connectivity index (χ1v) is 9.51. The molecule has 4 nitrogen and oxygen atoms in total. The SMILES string of the molecule is NC1CCCC2CN(S(=O)(=O)c3ccc(I)cc3)CC12. The fraction of sp³-hybridized carbons (Fsp3) is 0.571. The molecule has 0 aromatic heterocycles. The highest BCUT2D eigenvalue weighted by Gasteiger charge is 2.43. The van der Waals surface area contributed by atoms with Crippen LogP contribution in [0.1, 0.15) is 19.3 Å². The van der Waals surface area contributed by atoms with Crippen molar-refractivity contribution in [3.8, 4) is 0 Å². The average molecular weight is 406 g/mol. The summed E-state index contributed by atoms with van der Waals surface area (Å²) in [4.78, 5) is 0.394. The van der Waals surface area contributed by atoms with Crippen molar-refractivity contribution in [3.63, 3.8) is 0 Å². The quantitative estimate of drug-likeness (QED) is 0.765. The third-order valence-corrected chi connectivity index (χ3v) is 7.14. The topological polar surface area (TPSA) is 63.4 Å². The maximum atomic E-state index is 12.7. The molecule has 0 spiro atoms. The lowest BCUT2D eigenvalue weighted by Crippen LogP contribution is -2.38. The highest BCUT2D eigenvalue weighted by Crippen LogP contribution is 2.37. The third kappa shape index (κ3) is 2.63. The van der Waals surface area contributed by atoms with Crippen LogP contribution in [0.15, 0.2) is 29.2 Å². The van der Waals surface area contributed by atoms with Gasteiger partial charge in [0.2, 0.25) is 10.0 Å². The van der Waals surface area contributed by atoms with Crippen molar-refractivity contribution >= 4 is 32.6 Å². The second kappa shape index (κ2) is 5.55. The van der Waals surface area contributed by atoms with Gasteiger partial charge in [0, 0.05) is 22.7 Å². The standard InChI is InChI=1S/C14H19IN2O2S/c15-11-4-6-12(7-5-11)20(18,19)17-8-10-2-1-3-14(16)13(10)9-17/h4-7,10,13-14H,1-3,8-9,16H2. The molecular weight excluding hydrogens is 387 g/mol. The molecule has 20 heavy (non-hydrogen) atoms. The smallest absolute Gasteiger partial charge is 0.243 e. The molecule has 1 aliphatic carbocycles. The molecule has 6 heteroatoms. The minimum absolute atomic E-state index is 0.158. The molecule has 2 N–H and O–H groups in total. The van der Waals surface area contributed by atoms with E-state index in [-0.39, 0.29) is 6.04 Å². The highest BCUT2D eigenvalue weighted by atomic mass is 127. The predicted octanol–water partition coefficient (Wildman–Crippen LogP) is 2.04. The molecular formula is C14H19IN2O2S. The molecule has 1 aromatic rings. The Kier molecular flexibility index (Phi) is 4.09. The van der Waals surface area contributed by atoms with Gasteiger partial charge in [-0.2, -0.15) is 4.31 Å². The molecule has 1 heterocycles. The van der Waals surface area contributed by atoms with Crippen LogP contribution in [-0.2, 0) is 10.0 Å². The summed E-state index contributed by atoms with van der Waals surface area (Å²) in [5.41, 5.74) is 6.16. The second-order valence-corrected chi connectivity index (χ2v) is 8.98. The van der Waals surface area contributed by atoms with E-state index in [9.17, 15) is 8.42 Å². The van der Waals surface area contributed by atoms with Crippen LogP contribution in [0, 0.1) is 15.4 Å². The zero-order valence-corrected chi connectivity index (χ0v) is 14.2. The summed E-state index contributed by atoms with van der Waals surface area (Å²) in [6.07, 6.45) is 3.26. The molecule has 0 bridgehead atoms. The van der Waals surface area contributed by atoms with Crippen molar-refractivity contribution in [1.82, 2.24) is 4.31 Å². The van der Waals surface area contributed by atoms with Gasteiger partial charge < -0.3 is 5.73 Å². The Balaban J connectivity index is 1.84. The van der Waals surface area contributed by atoms with Gasteiger partial charge in [0.05, 0.1) is 4.90 Å². The van der Waals surface area contributed by atoms with Crippen LogP contribution in [0.3, 0.4) is 0 Å². The molecule has 110 valence electrons. The van der Waals surface area contributed by atoms with Crippen molar-refractivity contribution in [2.45, 2.75) is 30.2 Å². The van der Waals surface area contributed by atoms with Crippen LogP contribution < -0.4 is 5.73 Å². The number of nitrogens with zero attached hydrogens (tertiary/aromatic N) is 1. The van der Waals surface area contributed by atoms with Gasteiger partial charge in [-0.15, -0.1) is 0 Å². The Hall–Kier alpha value is -0.180.